The van der Waals surface area contributed by atoms with Crippen LogP contribution in [0.5, 0.6) is 0 Å². The van der Waals surface area contributed by atoms with Crippen molar-refractivity contribution in [3.05, 3.63) is 64.5 Å². The molecule has 0 amide bonds. The Morgan fingerprint density at radius 2 is 1.76 bits per heavy atom. The number of nitrogens with zero attached hydrogens (tertiary/aromatic N) is 5. The van der Waals surface area contributed by atoms with Crippen LogP contribution in [0.4, 0.5) is 24.7 Å². The van der Waals surface area contributed by atoms with Gasteiger partial charge in [-0.1, -0.05) is 11.6 Å². The van der Waals surface area contributed by atoms with E-state index in [1.165, 1.54) is 12.1 Å². The van der Waals surface area contributed by atoms with E-state index in [1.807, 2.05) is 11.0 Å². The van der Waals surface area contributed by atoms with Gasteiger partial charge in [0.15, 0.2) is 6.29 Å². The standard InChI is InChI=1S/C25H31ClF3N7O/c26-20-2-1-8-32-23(20)34-9-7-19-21(16-34)35(11-10-33-12-14-37-15-13-33)24(31)36(22(19)30)18-5-3-17(4-6-18)25(27,28)29/h1-6,8,22,24H,7,9-16,30-31H2. The van der Waals surface area contributed by atoms with Gasteiger partial charge in [0.2, 0.25) is 0 Å². The van der Waals surface area contributed by atoms with Gasteiger partial charge in [-0.2, -0.15) is 13.2 Å². The number of anilines is 2. The normalized spacial score (nSPS) is 23.5. The third-order valence-corrected chi connectivity index (χ3v) is 7.56. The minimum absolute atomic E-state index is 0.539. The molecule has 3 aliphatic heterocycles. The van der Waals surface area contributed by atoms with E-state index < -0.39 is 24.2 Å². The Balaban J connectivity index is 1.46. The Hall–Kier alpha value is -2.57. The van der Waals surface area contributed by atoms with Crippen molar-refractivity contribution in [2.45, 2.75) is 25.1 Å². The Kier molecular flexibility index (Phi) is 7.51. The van der Waals surface area contributed by atoms with E-state index in [4.69, 9.17) is 27.8 Å². The van der Waals surface area contributed by atoms with Crippen LogP contribution in [0, 0.1) is 0 Å². The van der Waals surface area contributed by atoms with Crippen molar-refractivity contribution < 1.29 is 17.9 Å². The first-order valence-electron chi connectivity index (χ1n) is 12.3. The molecule has 0 radical (unpaired) electrons. The molecule has 0 bridgehead atoms. The summed E-state index contributed by atoms with van der Waals surface area (Å²) in [6, 6.07) is 8.64. The minimum atomic E-state index is -4.41. The summed E-state index contributed by atoms with van der Waals surface area (Å²) in [5.41, 5.74) is 15.4. The van der Waals surface area contributed by atoms with Gasteiger partial charge >= 0.3 is 6.18 Å². The van der Waals surface area contributed by atoms with Crippen LogP contribution in [0.2, 0.25) is 5.02 Å². The molecule has 0 saturated carbocycles. The minimum Gasteiger partial charge on any atom is -0.379 e. The second kappa shape index (κ2) is 10.7. The van der Waals surface area contributed by atoms with Crippen LogP contribution < -0.4 is 21.3 Å². The molecular weight excluding hydrogens is 507 g/mol. The molecule has 2 atom stereocenters. The summed E-state index contributed by atoms with van der Waals surface area (Å²) in [6.07, 6.45) is -3.27. The molecule has 200 valence electrons. The highest BCUT2D eigenvalue weighted by molar-refractivity contribution is 6.32. The van der Waals surface area contributed by atoms with E-state index in [0.29, 0.717) is 55.8 Å². The maximum Gasteiger partial charge on any atom is 0.416 e. The highest BCUT2D eigenvalue weighted by Crippen LogP contribution is 2.37. The molecule has 2 aromatic rings. The summed E-state index contributed by atoms with van der Waals surface area (Å²) in [5, 5.41) is 0.571. The zero-order chi connectivity index (χ0) is 26.2. The summed E-state index contributed by atoms with van der Waals surface area (Å²) < 4.78 is 45.0. The van der Waals surface area contributed by atoms with Crippen LogP contribution in [-0.2, 0) is 10.9 Å². The summed E-state index contributed by atoms with van der Waals surface area (Å²) in [6.45, 7) is 5.67. The van der Waals surface area contributed by atoms with E-state index in [0.717, 1.165) is 43.0 Å². The van der Waals surface area contributed by atoms with Crippen LogP contribution in [0.3, 0.4) is 0 Å². The van der Waals surface area contributed by atoms with Gasteiger partial charge in [-0.05, 0) is 48.4 Å². The number of aromatic nitrogens is 1. The van der Waals surface area contributed by atoms with Crippen molar-refractivity contribution in [3.8, 4) is 0 Å². The van der Waals surface area contributed by atoms with Gasteiger partial charge in [-0.15, -0.1) is 0 Å². The molecule has 4 heterocycles. The van der Waals surface area contributed by atoms with Crippen LogP contribution in [0.25, 0.3) is 0 Å². The average Bonchev–Trinajstić information content (AvgIpc) is 2.89. The molecular formula is C25H31ClF3N7O. The van der Waals surface area contributed by atoms with E-state index in [2.05, 4.69) is 19.7 Å². The molecule has 1 saturated heterocycles. The third kappa shape index (κ3) is 5.37. The Labute approximate surface area is 219 Å². The fourth-order valence-corrected chi connectivity index (χ4v) is 5.51. The highest BCUT2D eigenvalue weighted by Gasteiger charge is 2.40. The first-order chi connectivity index (χ1) is 17.7. The maximum absolute atomic E-state index is 13.2. The quantitative estimate of drug-likeness (QED) is 0.602. The molecule has 3 aliphatic rings. The fraction of sp³-hybridized carbons (Fsp3) is 0.480. The number of morpholine rings is 1. The van der Waals surface area contributed by atoms with Crippen LogP contribution in [0.1, 0.15) is 12.0 Å². The van der Waals surface area contributed by atoms with Crippen molar-refractivity contribution in [1.29, 1.82) is 0 Å². The topological polar surface area (TPSA) is 87.1 Å². The van der Waals surface area contributed by atoms with E-state index in [1.54, 1.807) is 12.3 Å². The number of nitrogens with two attached hydrogens (primary N) is 2. The van der Waals surface area contributed by atoms with Gasteiger partial charge < -0.3 is 25.2 Å². The lowest BCUT2D eigenvalue weighted by atomic mass is 9.97. The summed E-state index contributed by atoms with van der Waals surface area (Å²) >= 11 is 6.45. The van der Waals surface area contributed by atoms with Crippen molar-refractivity contribution >= 4 is 23.1 Å². The number of rotatable bonds is 5. The fourth-order valence-electron chi connectivity index (χ4n) is 5.27. The number of benzene rings is 1. The zero-order valence-electron chi connectivity index (χ0n) is 20.4. The van der Waals surface area contributed by atoms with Crippen LogP contribution in [0.15, 0.2) is 53.9 Å². The SMILES string of the molecule is NC1C2=C(CN(c3ncccc3Cl)CC2)N(CCN2CCOCC2)C(N)N1c1ccc(C(F)(F)F)cc1. The molecule has 8 nitrogen and oxygen atoms in total. The van der Waals surface area contributed by atoms with Gasteiger partial charge in [-0.25, -0.2) is 4.98 Å². The lowest BCUT2D eigenvalue weighted by Gasteiger charge is -2.52. The first kappa shape index (κ1) is 26.1. The Bertz CT molecular complexity index is 1120. The second-order valence-corrected chi connectivity index (χ2v) is 9.82. The number of hydrogen-bond donors (Lipinski definition) is 2. The molecule has 1 aromatic carbocycles. The van der Waals surface area contributed by atoms with Gasteiger partial charge in [-0.3, -0.25) is 10.6 Å². The van der Waals surface area contributed by atoms with Crippen molar-refractivity contribution in [3.63, 3.8) is 0 Å². The van der Waals surface area contributed by atoms with Crippen LogP contribution >= 0.6 is 11.6 Å². The van der Waals surface area contributed by atoms with Gasteiger partial charge in [0.25, 0.3) is 0 Å². The molecule has 0 aliphatic carbocycles. The summed E-state index contributed by atoms with van der Waals surface area (Å²) in [4.78, 5) is 12.8. The molecule has 37 heavy (non-hydrogen) atoms. The third-order valence-electron chi connectivity index (χ3n) is 7.26. The van der Waals surface area contributed by atoms with Gasteiger partial charge in [0, 0.05) is 50.3 Å². The number of ether oxygens (including phenoxy) is 1. The second-order valence-electron chi connectivity index (χ2n) is 9.41. The predicted octanol–water partition coefficient (Wildman–Crippen LogP) is 2.90. The predicted molar refractivity (Wildman–Crippen MR) is 137 cm³/mol. The van der Waals surface area contributed by atoms with E-state index in [-0.39, 0.29) is 0 Å². The maximum atomic E-state index is 13.2. The van der Waals surface area contributed by atoms with Gasteiger partial charge in [0.1, 0.15) is 12.0 Å². The lowest BCUT2D eigenvalue weighted by molar-refractivity contribution is -0.137. The van der Waals surface area contributed by atoms with E-state index >= 15 is 0 Å². The van der Waals surface area contributed by atoms with Gasteiger partial charge in [0.05, 0.1) is 30.3 Å². The Morgan fingerprint density at radius 3 is 2.43 bits per heavy atom. The zero-order valence-corrected chi connectivity index (χ0v) is 21.1. The van der Waals surface area contributed by atoms with Crippen molar-refractivity contribution in [2.75, 3.05) is 62.3 Å². The summed E-state index contributed by atoms with van der Waals surface area (Å²) in [5.74, 6) is 0.705. The first-order valence-corrected chi connectivity index (χ1v) is 12.7. The van der Waals surface area contributed by atoms with Crippen molar-refractivity contribution in [2.24, 2.45) is 11.5 Å². The largest absolute Gasteiger partial charge is 0.416 e. The smallest absolute Gasteiger partial charge is 0.379 e. The number of halogens is 4. The molecule has 0 spiro atoms. The molecule has 12 heteroatoms. The molecule has 5 rings (SSSR count). The average molecular weight is 538 g/mol. The van der Waals surface area contributed by atoms with E-state index in [9.17, 15) is 13.2 Å². The molecule has 2 unspecified atom stereocenters. The lowest BCUT2D eigenvalue weighted by Crippen LogP contribution is -2.67. The number of alkyl halides is 3. The Morgan fingerprint density at radius 1 is 1.03 bits per heavy atom. The summed E-state index contributed by atoms with van der Waals surface area (Å²) in [7, 11) is 0. The monoisotopic (exact) mass is 537 g/mol. The number of hydrogen-bond acceptors (Lipinski definition) is 8. The highest BCUT2D eigenvalue weighted by atomic mass is 35.5. The number of pyridine rings is 1. The van der Waals surface area contributed by atoms with Crippen LogP contribution in [-0.4, -0.2) is 79.7 Å². The van der Waals surface area contributed by atoms with Crippen molar-refractivity contribution in [1.82, 2.24) is 14.8 Å². The molecule has 1 fully saturated rings. The molecule has 4 N–H and O–H groups in total. The molecule has 1 aromatic heterocycles.